The van der Waals surface area contributed by atoms with E-state index in [4.69, 9.17) is 9.47 Å². The lowest BCUT2D eigenvalue weighted by atomic mass is 10.1. The van der Waals surface area contributed by atoms with Crippen LogP contribution in [0.4, 0.5) is 5.82 Å². The topological polar surface area (TPSA) is 101 Å². The second-order valence-electron chi connectivity index (χ2n) is 7.51. The molecule has 0 radical (unpaired) electrons. The molecule has 0 aliphatic carbocycles. The van der Waals surface area contributed by atoms with E-state index in [-0.39, 0.29) is 18.2 Å². The van der Waals surface area contributed by atoms with Gasteiger partial charge in [-0.05, 0) is 52.0 Å². The Morgan fingerprint density at radius 1 is 1.17 bits per heavy atom. The maximum absolute atomic E-state index is 10.2. The highest BCUT2D eigenvalue weighted by molar-refractivity contribution is 9.10. The fraction of sp³-hybridized carbons (Fsp3) is 0.500. The largest absolute Gasteiger partial charge is 0.491 e. The maximum Gasteiger partial charge on any atom is 0.233 e. The van der Waals surface area contributed by atoms with E-state index < -0.39 is 6.10 Å². The smallest absolute Gasteiger partial charge is 0.233 e. The monoisotopic (exact) mass is 465 g/mol. The first-order valence-electron chi connectivity index (χ1n) is 9.42. The Hall–Kier alpha value is -2.10. The van der Waals surface area contributed by atoms with Gasteiger partial charge in [0.15, 0.2) is 5.82 Å². The zero-order valence-electron chi connectivity index (χ0n) is 17.2. The van der Waals surface area contributed by atoms with Crippen molar-refractivity contribution in [3.8, 4) is 11.6 Å². The molecule has 1 heterocycles. The van der Waals surface area contributed by atoms with Crippen molar-refractivity contribution in [1.29, 1.82) is 0 Å². The number of β-amino-alcohol motifs (C(OH)–C–C–N with tert-alkyl or cyclic N) is 1. The molecule has 0 bridgehead atoms. The summed E-state index contributed by atoms with van der Waals surface area (Å²) in [5.41, 5.74) is -0.380. The van der Waals surface area contributed by atoms with Crippen LogP contribution in [-0.4, -0.2) is 52.7 Å². The van der Waals surface area contributed by atoms with Gasteiger partial charge in [-0.25, -0.2) is 0 Å². The van der Waals surface area contributed by atoms with Gasteiger partial charge in [-0.2, -0.15) is 5.11 Å². The first-order valence-corrected chi connectivity index (χ1v) is 10.2. The van der Waals surface area contributed by atoms with Gasteiger partial charge in [0, 0.05) is 22.6 Å². The molecule has 2 N–H and O–H groups in total. The molecule has 0 aliphatic rings. The zero-order valence-corrected chi connectivity index (χ0v) is 18.8. The molecule has 0 spiro atoms. The van der Waals surface area contributed by atoms with Gasteiger partial charge in [0.1, 0.15) is 25.1 Å². The molecule has 1 unspecified atom stereocenters. The predicted octanol–water partition coefficient (Wildman–Crippen LogP) is 3.92. The molecule has 1 aromatic heterocycles. The molecular formula is C20H28BrN5O3. The molecule has 1 atom stereocenters. The van der Waals surface area contributed by atoms with E-state index in [0.717, 1.165) is 4.47 Å². The van der Waals surface area contributed by atoms with Gasteiger partial charge in [0.25, 0.3) is 0 Å². The molecule has 0 saturated heterocycles. The highest BCUT2D eigenvalue weighted by atomic mass is 79.9. The van der Waals surface area contributed by atoms with Crippen molar-refractivity contribution in [1.82, 2.24) is 15.5 Å². The number of aliphatic hydroxyl groups is 1. The normalized spacial score (nSPS) is 13.1. The van der Waals surface area contributed by atoms with Crippen molar-refractivity contribution < 1.29 is 14.6 Å². The molecule has 9 heteroatoms. The third kappa shape index (κ3) is 9.29. The molecule has 0 amide bonds. The number of aliphatic hydroxyl groups excluding tert-OH is 1. The molecule has 2 aromatic rings. The van der Waals surface area contributed by atoms with Gasteiger partial charge >= 0.3 is 0 Å². The summed E-state index contributed by atoms with van der Waals surface area (Å²) in [6.45, 7) is 8.75. The number of nitrogens with zero attached hydrogens (tertiary/aromatic N) is 4. The number of halogens is 1. The second kappa shape index (κ2) is 11.2. The number of hydrogen-bond acceptors (Lipinski definition) is 8. The third-order valence-electron chi connectivity index (χ3n) is 3.65. The zero-order chi connectivity index (χ0) is 21.3. The van der Waals surface area contributed by atoms with E-state index >= 15 is 0 Å². The summed E-state index contributed by atoms with van der Waals surface area (Å²) < 4.78 is 12.2. The molecular weight excluding hydrogens is 438 g/mol. The Morgan fingerprint density at radius 3 is 2.62 bits per heavy atom. The van der Waals surface area contributed by atoms with Crippen molar-refractivity contribution in [2.75, 3.05) is 19.8 Å². The average Bonchev–Trinajstić information content (AvgIpc) is 2.68. The Bertz CT molecular complexity index is 784. The van der Waals surface area contributed by atoms with Crippen molar-refractivity contribution in [2.45, 2.75) is 45.4 Å². The van der Waals surface area contributed by atoms with Gasteiger partial charge in [-0.15, -0.1) is 15.3 Å². The Labute approximate surface area is 179 Å². The van der Waals surface area contributed by atoms with E-state index in [9.17, 15) is 5.11 Å². The number of aromatic nitrogens is 2. The number of rotatable bonds is 11. The molecule has 8 nitrogen and oxygen atoms in total. The van der Waals surface area contributed by atoms with Crippen LogP contribution in [0, 0.1) is 0 Å². The fourth-order valence-electron chi connectivity index (χ4n) is 2.13. The van der Waals surface area contributed by atoms with E-state index in [2.05, 4.69) is 41.7 Å². The van der Waals surface area contributed by atoms with Gasteiger partial charge < -0.3 is 19.9 Å². The summed E-state index contributed by atoms with van der Waals surface area (Å²) in [5.74, 6) is 1.55. The van der Waals surface area contributed by atoms with Crippen molar-refractivity contribution in [2.24, 2.45) is 10.2 Å². The van der Waals surface area contributed by atoms with Gasteiger partial charge in [0.2, 0.25) is 5.88 Å². The van der Waals surface area contributed by atoms with Gasteiger partial charge in [-0.3, -0.25) is 0 Å². The van der Waals surface area contributed by atoms with Crippen molar-refractivity contribution >= 4 is 21.7 Å². The van der Waals surface area contributed by atoms with Crippen LogP contribution in [0.2, 0.25) is 0 Å². The minimum Gasteiger partial charge on any atom is -0.491 e. The van der Waals surface area contributed by atoms with E-state index in [1.54, 1.807) is 12.1 Å². The van der Waals surface area contributed by atoms with Crippen LogP contribution in [0.1, 0.15) is 27.7 Å². The summed E-state index contributed by atoms with van der Waals surface area (Å²) in [7, 11) is 0. The quantitative estimate of drug-likeness (QED) is 0.487. The van der Waals surface area contributed by atoms with Crippen LogP contribution >= 0.6 is 15.9 Å². The Balaban J connectivity index is 1.73. The molecule has 0 saturated carbocycles. The molecule has 0 fully saturated rings. The van der Waals surface area contributed by atoms with Crippen LogP contribution in [0.3, 0.4) is 0 Å². The van der Waals surface area contributed by atoms with Gasteiger partial charge in [0.05, 0.1) is 6.04 Å². The van der Waals surface area contributed by atoms with Crippen LogP contribution in [-0.2, 0) is 0 Å². The molecule has 1 aromatic carbocycles. The molecule has 0 aliphatic heterocycles. The van der Waals surface area contributed by atoms with Crippen molar-refractivity contribution in [3.05, 3.63) is 40.9 Å². The Kier molecular flexibility index (Phi) is 8.94. The Morgan fingerprint density at radius 2 is 1.97 bits per heavy atom. The molecule has 29 heavy (non-hydrogen) atoms. The lowest BCUT2D eigenvalue weighted by molar-refractivity contribution is 0.0922. The molecule has 2 rings (SSSR count). The molecule has 158 valence electrons. The second-order valence-corrected chi connectivity index (χ2v) is 8.43. The lowest BCUT2D eigenvalue weighted by Crippen LogP contribution is -2.48. The number of nitrogens with one attached hydrogen (secondary N) is 1. The number of hydrogen-bond donors (Lipinski definition) is 2. The summed E-state index contributed by atoms with van der Waals surface area (Å²) >= 11 is 3.39. The van der Waals surface area contributed by atoms with Crippen LogP contribution < -0.4 is 14.8 Å². The highest BCUT2D eigenvalue weighted by Crippen LogP contribution is 2.18. The van der Waals surface area contributed by atoms with Crippen molar-refractivity contribution in [3.63, 3.8) is 0 Å². The average molecular weight is 466 g/mol. The predicted molar refractivity (Wildman–Crippen MR) is 115 cm³/mol. The summed E-state index contributed by atoms with van der Waals surface area (Å²) in [6.07, 6.45) is -0.654. The number of ether oxygens (including phenoxy) is 2. The summed E-state index contributed by atoms with van der Waals surface area (Å²) in [4.78, 5) is 0. The lowest BCUT2D eigenvalue weighted by Gasteiger charge is -2.27. The standard InChI is InChI=1S/C20H28BrN5O3/c1-14(2)23-24-18-8-9-19(26-25-18)29-13-20(3,4)22-11-16(27)12-28-17-7-5-6-15(21)10-17/h5-10,14,16,22,27H,11-13H2,1-4H3. The highest BCUT2D eigenvalue weighted by Gasteiger charge is 2.20. The van der Waals surface area contributed by atoms with E-state index in [0.29, 0.717) is 30.6 Å². The minimum atomic E-state index is -0.654. The van der Waals surface area contributed by atoms with Crippen LogP contribution in [0.15, 0.2) is 51.1 Å². The number of azo groups is 1. The first-order chi connectivity index (χ1) is 13.7. The summed E-state index contributed by atoms with van der Waals surface area (Å²) in [5, 5.41) is 29.4. The third-order valence-corrected chi connectivity index (χ3v) is 4.15. The van der Waals surface area contributed by atoms with Crippen LogP contribution in [0.25, 0.3) is 0 Å². The minimum absolute atomic E-state index is 0.106. The maximum atomic E-state index is 10.2. The fourth-order valence-corrected chi connectivity index (χ4v) is 2.50. The van der Waals surface area contributed by atoms with Crippen LogP contribution in [0.5, 0.6) is 11.6 Å². The number of benzene rings is 1. The summed E-state index contributed by atoms with van der Waals surface area (Å²) in [6, 6.07) is 11.0. The SMILES string of the molecule is CC(C)N=Nc1ccc(OCC(C)(C)NCC(O)COc2cccc(Br)c2)nn1. The first kappa shape index (κ1) is 23.2. The van der Waals surface area contributed by atoms with Gasteiger partial charge in [-0.1, -0.05) is 22.0 Å². The van der Waals surface area contributed by atoms with E-state index in [1.807, 2.05) is 52.0 Å². The van der Waals surface area contributed by atoms with E-state index in [1.165, 1.54) is 0 Å².